The SMILES string of the molecule is C/C=C(/F)c1sc(N)c(C#N)c1/C(=C(\C)CC)c1c2c(c3cnc(N4CCC(C)C4)nc3c1F)COC2.CO.[B]C([B])([B])C(CCC)C([B])([B])O. The Labute approximate surface area is 311 Å². The predicted octanol–water partition coefficient (Wildman–Crippen LogP) is 5.30. The Morgan fingerprint density at radius 1 is 1.22 bits per heavy atom. The number of hydrogen-bond acceptors (Lipinski definition) is 9. The summed E-state index contributed by atoms with van der Waals surface area (Å²) in [5.74, 6) is -0.732. The van der Waals surface area contributed by atoms with Crippen LogP contribution in [-0.4, -0.2) is 85.0 Å². The van der Waals surface area contributed by atoms with Crippen molar-refractivity contribution in [3.63, 3.8) is 0 Å². The van der Waals surface area contributed by atoms with Gasteiger partial charge in [0, 0.05) is 42.9 Å². The highest BCUT2D eigenvalue weighted by atomic mass is 32.1. The molecule has 0 bridgehead atoms. The van der Waals surface area contributed by atoms with E-state index in [2.05, 4.69) is 22.9 Å². The number of hydrogen-bond donors (Lipinski definition) is 3. The summed E-state index contributed by atoms with van der Waals surface area (Å²) in [4.78, 5) is 11.6. The zero-order valence-electron chi connectivity index (χ0n) is 30.2. The predicted molar refractivity (Wildman–Crippen MR) is 207 cm³/mol. The quantitative estimate of drug-likeness (QED) is 0.256. The minimum absolute atomic E-state index is 0.154. The lowest BCUT2D eigenvalue weighted by Crippen LogP contribution is -2.46. The zero-order valence-corrected chi connectivity index (χ0v) is 31.0. The number of anilines is 2. The molecule has 0 amide bonds. The van der Waals surface area contributed by atoms with E-state index in [4.69, 9.17) is 59.8 Å². The number of rotatable bonds is 9. The molecule has 16 heteroatoms. The van der Waals surface area contributed by atoms with Gasteiger partial charge >= 0.3 is 0 Å². The number of aromatic nitrogens is 2. The number of thiophene rings is 1. The molecule has 1 aromatic carbocycles. The van der Waals surface area contributed by atoms with E-state index in [-0.39, 0.29) is 27.6 Å². The van der Waals surface area contributed by atoms with E-state index in [9.17, 15) is 10.4 Å². The molecule has 0 aliphatic carbocycles. The third kappa shape index (κ3) is 9.10. The number of allylic oxidation sites excluding steroid dienone is 2. The fourth-order valence-corrected chi connectivity index (χ4v) is 7.42. The molecule has 0 saturated carbocycles. The minimum Gasteiger partial charge on any atom is -0.409 e. The smallest absolute Gasteiger partial charge is 0.225 e. The van der Waals surface area contributed by atoms with Gasteiger partial charge in [-0.15, -0.1) is 16.4 Å². The molecule has 260 valence electrons. The molecule has 2 aliphatic heterocycles. The standard InChI is InChI=1S/C28H29F2N5OS.C6H9B5O.CH4O/c1-5-15(4)21(23-16(9-31)27(32)37-26(23)20(29)6-2)22-19-13-36-12-18(19)17-10-33-28(34-25(17)24(22)30)35-8-7-14(3)11-35;1-2-3-4(5(7,8)9)6(10,11)12;1-2/h6,10,14H,5,7-8,11-13,32H2,1-4H3;4,12H,2-3H2,1H3;2H,1H3/b20-6+,21-15+;;. The van der Waals surface area contributed by atoms with Gasteiger partial charge in [-0.2, -0.15) is 5.26 Å². The largest absolute Gasteiger partial charge is 0.409 e. The number of nitrogens with zero attached hydrogens (tertiary/aromatic N) is 4. The molecule has 8 nitrogen and oxygen atoms in total. The highest BCUT2D eigenvalue weighted by Gasteiger charge is 2.34. The van der Waals surface area contributed by atoms with Gasteiger partial charge in [0.15, 0.2) is 5.82 Å². The van der Waals surface area contributed by atoms with Gasteiger partial charge in [-0.1, -0.05) is 45.3 Å². The van der Waals surface area contributed by atoms with Crippen LogP contribution in [0.3, 0.4) is 0 Å². The summed E-state index contributed by atoms with van der Waals surface area (Å²) in [6.07, 6.45) is 5.84. The van der Waals surface area contributed by atoms with Gasteiger partial charge < -0.3 is 25.6 Å². The van der Waals surface area contributed by atoms with E-state index in [1.54, 1.807) is 13.1 Å². The van der Waals surface area contributed by atoms with Crippen LogP contribution in [0.2, 0.25) is 5.11 Å². The van der Waals surface area contributed by atoms with Crippen molar-refractivity contribution in [2.75, 3.05) is 30.8 Å². The number of benzene rings is 1. The monoisotopic (exact) mass is 705 g/mol. The molecule has 2 aliphatic rings. The van der Waals surface area contributed by atoms with Crippen LogP contribution in [0.1, 0.15) is 93.0 Å². The van der Waals surface area contributed by atoms with E-state index in [0.717, 1.165) is 55.5 Å². The average molecular weight is 705 g/mol. The maximum Gasteiger partial charge on any atom is 0.225 e. The lowest BCUT2D eigenvalue weighted by atomic mass is 9.31. The maximum absolute atomic E-state index is 16.7. The van der Waals surface area contributed by atoms with Gasteiger partial charge in [0.05, 0.1) is 62.9 Å². The highest BCUT2D eigenvalue weighted by molar-refractivity contribution is 7.17. The number of halogens is 2. The Morgan fingerprint density at radius 3 is 2.35 bits per heavy atom. The second kappa shape index (κ2) is 17.6. The molecule has 10 radical (unpaired) electrons. The molecule has 1 fully saturated rings. The van der Waals surface area contributed by atoms with Gasteiger partial charge in [0.1, 0.15) is 22.4 Å². The minimum atomic E-state index is -1.92. The van der Waals surface area contributed by atoms with Crippen molar-refractivity contribution in [1.82, 2.24) is 9.97 Å². The summed E-state index contributed by atoms with van der Waals surface area (Å²) in [6, 6.07) is 2.14. The normalized spacial score (nSPS) is 17.2. The number of nitriles is 1. The van der Waals surface area contributed by atoms with E-state index in [1.165, 1.54) is 6.08 Å². The number of fused-ring (bicyclic) bond motifs is 3. The summed E-state index contributed by atoms with van der Waals surface area (Å²) < 4.78 is 37.7. The number of nitrogen functional groups attached to an aromatic ring is 1. The van der Waals surface area contributed by atoms with Crippen LogP contribution < -0.4 is 10.6 Å². The molecule has 4 heterocycles. The summed E-state index contributed by atoms with van der Waals surface area (Å²) in [5.41, 5.74) is 9.97. The van der Waals surface area contributed by atoms with Crippen molar-refractivity contribution in [2.45, 2.75) is 84.0 Å². The topological polar surface area (TPSA) is 129 Å². The van der Waals surface area contributed by atoms with Crippen LogP contribution in [0, 0.1) is 29.0 Å². The molecule has 0 spiro atoms. The lowest BCUT2D eigenvalue weighted by Gasteiger charge is -2.42. The van der Waals surface area contributed by atoms with Crippen LogP contribution >= 0.6 is 11.3 Å². The van der Waals surface area contributed by atoms with Gasteiger partial charge in [-0.3, -0.25) is 0 Å². The third-order valence-corrected chi connectivity index (χ3v) is 10.1. The number of nitrogens with two attached hydrogens (primary N) is 1. The Bertz CT molecular complexity index is 1800. The van der Waals surface area contributed by atoms with E-state index >= 15 is 8.78 Å². The van der Waals surface area contributed by atoms with Crippen molar-refractivity contribution in [1.29, 1.82) is 5.26 Å². The first-order chi connectivity index (χ1) is 24.0. The van der Waals surface area contributed by atoms with Gasteiger partial charge in [0.2, 0.25) is 5.95 Å². The fourth-order valence-electron chi connectivity index (χ4n) is 6.43. The third-order valence-electron chi connectivity index (χ3n) is 9.11. The van der Waals surface area contributed by atoms with Gasteiger partial charge in [0.25, 0.3) is 0 Å². The molecular weight excluding hydrogens is 663 g/mol. The number of aliphatic hydroxyl groups excluding tert-OH is 1. The molecule has 4 N–H and O–H groups in total. The van der Waals surface area contributed by atoms with Crippen LogP contribution in [-0.2, 0) is 18.0 Å². The molecule has 2 unspecified atom stereocenters. The maximum atomic E-state index is 16.7. The Hall–Kier alpha value is -3.11. The molecule has 5 rings (SSSR count). The Morgan fingerprint density at radius 2 is 1.86 bits per heavy atom. The van der Waals surface area contributed by atoms with Crippen LogP contribution in [0.5, 0.6) is 0 Å². The number of ether oxygens (including phenoxy) is 1. The lowest BCUT2D eigenvalue weighted by molar-refractivity contribution is 0.134. The second-order valence-corrected chi connectivity index (χ2v) is 14.0. The molecule has 2 aromatic heterocycles. The zero-order chi connectivity index (χ0) is 38.4. The Kier molecular flexibility index (Phi) is 14.6. The average Bonchev–Trinajstić information content (AvgIpc) is 3.83. The van der Waals surface area contributed by atoms with E-state index < -0.39 is 28.1 Å². The summed E-state index contributed by atoms with van der Waals surface area (Å²) in [5, 5.41) is 23.6. The summed E-state index contributed by atoms with van der Waals surface area (Å²) >= 11 is 1.00. The first kappa shape index (κ1) is 42.3. The first-order valence-corrected chi connectivity index (χ1v) is 17.6. The van der Waals surface area contributed by atoms with Crippen molar-refractivity contribution in [3.05, 3.63) is 56.4 Å². The van der Waals surface area contributed by atoms with Crippen LogP contribution in [0.4, 0.5) is 19.7 Å². The number of aliphatic hydroxyl groups is 2. The highest BCUT2D eigenvalue weighted by Crippen LogP contribution is 2.47. The van der Waals surface area contributed by atoms with E-state index in [1.807, 2.05) is 20.8 Å². The first-order valence-electron chi connectivity index (χ1n) is 16.8. The molecule has 3 aromatic rings. The molecular formula is C35H42B5F2N5O3S. The van der Waals surface area contributed by atoms with Gasteiger partial charge in [-0.25, -0.2) is 18.7 Å². The van der Waals surface area contributed by atoms with E-state index in [0.29, 0.717) is 59.0 Å². The summed E-state index contributed by atoms with van der Waals surface area (Å²) in [6.45, 7) is 11.6. The van der Waals surface area contributed by atoms with Crippen molar-refractivity contribution in [2.24, 2.45) is 11.8 Å². The second-order valence-electron chi connectivity index (χ2n) is 12.9. The van der Waals surface area contributed by atoms with Gasteiger partial charge in [-0.05, 0) is 60.6 Å². The van der Waals surface area contributed by atoms with Crippen LogP contribution in [0.15, 0.2) is 17.8 Å². The Balaban J connectivity index is 0.000000428. The molecule has 2 atom stereocenters. The fraction of sp³-hybridized carbons (Fsp3) is 0.514. The van der Waals surface area contributed by atoms with Crippen molar-refractivity contribution in [3.8, 4) is 6.07 Å². The molecule has 51 heavy (non-hydrogen) atoms. The summed E-state index contributed by atoms with van der Waals surface area (Å²) in [7, 11) is 27.7. The van der Waals surface area contributed by atoms with Crippen LogP contribution in [0.25, 0.3) is 22.3 Å². The van der Waals surface area contributed by atoms with Crippen molar-refractivity contribution < 1.29 is 23.7 Å². The van der Waals surface area contributed by atoms with Crippen molar-refractivity contribution >= 4 is 83.8 Å². The molecule has 1 saturated heterocycles.